The van der Waals surface area contributed by atoms with Crippen LogP contribution in [0.5, 0.6) is 11.6 Å². The Bertz CT molecular complexity index is 521. The van der Waals surface area contributed by atoms with Crippen molar-refractivity contribution in [3.63, 3.8) is 0 Å². The molecular formula is C8H8ClF2NO4S. The summed E-state index contributed by atoms with van der Waals surface area (Å²) >= 11 is 0. The highest BCUT2D eigenvalue weighted by molar-refractivity contribution is 8.13. The van der Waals surface area contributed by atoms with Crippen molar-refractivity contribution in [3.05, 3.63) is 11.8 Å². The maximum absolute atomic E-state index is 12.5. The zero-order chi connectivity index (χ0) is 13.2. The van der Waals surface area contributed by atoms with Crippen molar-refractivity contribution in [1.82, 2.24) is 4.98 Å². The van der Waals surface area contributed by atoms with Crippen LogP contribution in [0.2, 0.25) is 0 Å². The van der Waals surface area contributed by atoms with Crippen LogP contribution in [0.25, 0.3) is 0 Å². The average Bonchev–Trinajstić information content (AvgIpc) is 2.25. The molecule has 96 valence electrons. The monoisotopic (exact) mass is 287 g/mol. The first-order valence-electron chi connectivity index (χ1n) is 4.17. The van der Waals surface area contributed by atoms with Gasteiger partial charge in [0.2, 0.25) is 5.75 Å². The van der Waals surface area contributed by atoms with Crippen LogP contribution >= 0.6 is 10.7 Å². The highest BCUT2D eigenvalue weighted by Gasteiger charge is 2.25. The first kappa shape index (κ1) is 13.9. The minimum Gasteiger partial charge on any atom is -0.490 e. The summed E-state index contributed by atoms with van der Waals surface area (Å²) in [5.41, 5.74) is -0.762. The van der Waals surface area contributed by atoms with E-state index in [9.17, 15) is 17.2 Å². The fraction of sp³-hybridized carbons (Fsp3) is 0.375. The minimum absolute atomic E-state index is 0.313. The van der Waals surface area contributed by atoms with Crippen LogP contribution in [0.15, 0.2) is 11.0 Å². The molecule has 0 saturated heterocycles. The van der Waals surface area contributed by atoms with Gasteiger partial charge in [-0.3, -0.25) is 0 Å². The number of methoxy groups -OCH3 is 2. The number of halogens is 3. The third kappa shape index (κ3) is 2.95. The third-order valence-electron chi connectivity index (χ3n) is 1.81. The van der Waals surface area contributed by atoms with Gasteiger partial charge in [0.25, 0.3) is 21.4 Å². The number of nitrogens with zero attached hydrogens (tertiary/aromatic N) is 1. The van der Waals surface area contributed by atoms with Gasteiger partial charge < -0.3 is 9.47 Å². The number of alkyl halides is 2. The van der Waals surface area contributed by atoms with Crippen LogP contribution in [-0.2, 0) is 9.05 Å². The molecule has 0 fully saturated rings. The van der Waals surface area contributed by atoms with E-state index in [2.05, 4.69) is 9.72 Å². The van der Waals surface area contributed by atoms with Gasteiger partial charge in [-0.1, -0.05) is 0 Å². The van der Waals surface area contributed by atoms with Gasteiger partial charge in [0.1, 0.15) is 10.6 Å². The number of ether oxygens (including phenoxy) is 2. The summed E-state index contributed by atoms with van der Waals surface area (Å²) in [5.74, 6) is -0.684. The van der Waals surface area contributed by atoms with Crippen molar-refractivity contribution in [2.24, 2.45) is 0 Å². The predicted octanol–water partition coefficient (Wildman–Crippen LogP) is 1.96. The van der Waals surface area contributed by atoms with Gasteiger partial charge in [0, 0.05) is 10.7 Å². The predicted molar refractivity (Wildman–Crippen MR) is 55.3 cm³/mol. The first-order chi connectivity index (χ1) is 7.81. The Morgan fingerprint density at radius 3 is 2.29 bits per heavy atom. The molecule has 1 aromatic heterocycles. The molecule has 0 spiro atoms. The highest BCUT2D eigenvalue weighted by Crippen LogP contribution is 2.36. The van der Waals surface area contributed by atoms with E-state index in [1.54, 1.807) is 0 Å². The van der Waals surface area contributed by atoms with E-state index in [1.807, 2.05) is 0 Å². The molecule has 0 aliphatic heterocycles. The molecule has 9 heteroatoms. The van der Waals surface area contributed by atoms with Gasteiger partial charge in [-0.2, -0.15) is 0 Å². The molecule has 0 saturated carbocycles. The van der Waals surface area contributed by atoms with Gasteiger partial charge in [0.15, 0.2) is 0 Å². The summed E-state index contributed by atoms with van der Waals surface area (Å²) in [6.45, 7) is 0. The van der Waals surface area contributed by atoms with E-state index in [0.29, 0.717) is 6.07 Å². The quantitative estimate of drug-likeness (QED) is 0.792. The molecule has 1 heterocycles. The van der Waals surface area contributed by atoms with Crippen LogP contribution in [0.3, 0.4) is 0 Å². The molecule has 0 unspecified atom stereocenters. The Hall–Kier alpha value is -1.15. The molecule has 0 aliphatic carbocycles. The van der Waals surface area contributed by atoms with Gasteiger partial charge in [-0.25, -0.2) is 22.2 Å². The van der Waals surface area contributed by atoms with Crippen LogP contribution < -0.4 is 9.47 Å². The third-order valence-corrected chi connectivity index (χ3v) is 3.14. The smallest absolute Gasteiger partial charge is 0.280 e. The molecule has 1 aromatic rings. The number of hydrogen-bond donors (Lipinski definition) is 0. The van der Waals surface area contributed by atoms with Crippen LogP contribution in [0, 0.1) is 0 Å². The standard InChI is InChI=1S/C8H8ClF2NO4S/c1-15-6-5(17(9,13)14)3-4(7(10)11)12-8(6)16-2/h3,7H,1-2H3. The molecule has 17 heavy (non-hydrogen) atoms. The van der Waals surface area contributed by atoms with Crippen LogP contribution in [0.4, 0.5) is 8.78 Å². The largest absolute Gasteiger partial charge is 0.490 e. The van der Waals surface area contributed by atoms with Crippen molar-refractivity contribution in [2.45, 2.75) is 11.3 Å². The molecule has 1 rings (SSSR count). The zero-order valence-corrected chi connectivity index (χ0v) is 10.3. The van der Waals surface area contributed by atoms with E-state index in [4.69, 9.17) is 15.4 Å². The van der Waals surface area contributed by atoms with E-state index in [-0.39, 0.29) is 11.6 Å². The summed E-state index contributed by atoms with van der Waals surface area (Å²) < 4.78 is 56.8. The fourth-order valence-corrected chi connectivity index (χ4v) is 2.12. The van der Waals surface area contributed by atoms with Gasteiger partial charge >= 0.3 is 0 Å². The maximum Gasteiger partial charge on any atom is 0.280 e. The molecular weight excluding hydrogens is 280 g/mol. The van der Waals surface area contributed by atoms with Crippen LogP contribution in [-0.4, -0.2) is 27.6 Å². The first-order valence-corrected chi connectivity index (χ1v) is 6.48. The minimum atomic E-state index is -4.24. The second-order valence-electron chi connectivity index (χ2n) is 2.83. The average molecular weight is 288 g/mol. The van der Waals surface area contributed by atoms with E-state index in [0.717, 1.165) is 14.2 Å². The summed E-state index contributed by atoms with van der Waals surface area (Å²) in [4.78, 5) is 2.81. The second kappa shape index (κ2) is 5.01. The lowest BCUT2D eigenvalue weighted by Gasteiger charge is -2.11. The molecule has 0 aromatic carbocycles. The topological polar surface area (TPSA) is 65.5 Å². The van der Waals surface area contributed by atoms with Gasteiger partial charge in [-0.05, 0) is 6.07 Å². The summed E-state index contributed by atoms with van der Waals surface area (Å²) in [5, 5.41) is 0. The van der Waals surface area contributed by atoms with Crippen molar-refractivity contribution >= 4 is 19.7 Å². The Kier molecular flexibility index (Phi) is 4.10. The fourth-order valence-electron chi connectivity index (χ4n) is 1.12. The van der Waals surface area contributed by atoms with Crippen molar-refractivity contribution in [3.8, 4) is 11.6 Å². The lowest BCUT2D eigenvalue weighted by molar-refractivity contribution is 0.144. The maximum atomic E-state index is 12.5. The second-order valence-corrected chi connectivity index (χ2v) is 5.36. The van der Waals surface area contributed by atoms with E-state index in [1.165, 1.54) is 0 Å². The summed E-state index contributed by atoms with van der Waals surface area (Å²) in [6, 6.07) is 0.647. The molecule has 5 nitrogen and oxygen atoms in total. The summed E-state index contributed by atoms with van der Waals surface area (Å²) in [7, 11) is 3.16. The molecule has 0 amide bonds. The summed E-state index contributed by atoms with van der Waals surface area (Å²) in [6.07, 6.45) is -2.95. The van der Waals surface area contributed by atoms with Crippen LogP contribution in [0.1, 0.15) is 12.1 Å². The number of pyridine rings is 1. The zero-order valence-electron chi connectivity index (χ0n) is 8.78. The SMILES string of the molecule is COc1nc(C(F)F)cc(S(=O)(=O)Cl)c1OC. The molecule has 0 aliphatic rings. The van der Waals surface area contributed by atoms with E-state index < -0.39 is 26.1 Å². The Morgan fingerprint density at radius 1 is 1.35 bits per heavy atom. The van der Waals surface area contributed by atoms with Crippen molar-refractivity contribution < 1.29 is 26.7 Å². The Labute approximate surface area is 101 Å². The molecule has 0 radical (unpaired) electrons. The van der Waals surface area contributed by atoms with Gasteiger partial charge in [0.05, 0.1) is 14.2 Å². The molecule has 0 atom stereocenters. The lowest BCUT2D eigenvalue weighted by Crippen LogP contribution is -2.04. The number of rotatable bonds is 4. The number of aromatic nitrogens is 1. The number of hydrogen-bond acceptors (Lipinski definition) is 5. The van der Waals surface area contributed by atoms with E-state index >= 15 is 0 Å². The van der Waals surface area contributed by atoms with Gasteiger partial charge in [-0.15, -0.1) is 0 Å². The normalized spacial score (nSPS) is 11.6. The molecule has 0 bridgehead atoms. The van der Waals surface area contributed by atoms with Crippen molar-refractivity contribution in [1.29, 1.82) is 0 Å². The lowest BCUT2D eigenvalue weighted by atomic mass is 10.3. The Morgan fingerprint density at radius 2 is 1.94 bits per heavy atom. The Balaban J connectivity index is 3.60. The molecule has 0 N–H and O–H groups in total. The van der Waals surface area contributed by atoms with Crippen molar-refractivity contribution in [2.75, 3.05) is 14.2 Å². The highest BCUT2D eigenvalue weighted by atomic mass is 35.7.